The van der Waals surface area contributed by atoms with E-state index in [9.17, 15) is 0 Å². The molecule has 128 valence electrons. The van der Waals surface area contributed by atoms with E-state index in [-0.39, 0.29) is 12.2 Å². The van der Waals surface area contributed by atoms with Gasteiger partial charge in [0.1, 0.15) is 6.10 Å². The summed E-state index contributed by atoms with van der Waals surface area (Å²) in [6, 6.07) is 0. The minimum Gasteiger partial charge on any atom is -0.382 e. The molecular weight excluding hydrogens is 286 g/mol. The molecule has 22 heavy (non-hydrogen) atoms. The van der Waals surface area contributed by atoms with E-state index >= 15 is 0 Å². The van der Waals surface area contributed by atoms with Gasteiger partial charge in [-0.2, -0.15) is 0 Å². The molecular formula is C15H29N3O4. The highest BCUT2D eigenvalue weighted by Crippen LogP contribution is 2.20. The van der Waals surface area contributed by atoms with Gasteiger partial charge in [0.05, 0.1) is 32.5 Å². The maximum Gasteiger partial charge on any atom is 0.193 e. The van der Waals surface area contributed by atoms with Crippen molar-refractivity contribution in [3.63, 3.8) is 0 Å². The molecule has 0 bridgehead atoms. The summed E-state index contributed by atoms with van der Waals surface area (Å²) < 4.78 is 22.0. The Morgan fingerprint density at radius 2 is 2.09 bits per heavy atom. The molecule has 2 aliphatic rings. The van der Waals surface area contributed by atoms with E-state index in [1.54, 1.807) is 7.11 Å². The predicted octanol–water partition coefficient (Wildman–Crippen LogP) is 0.105. The molecule has 7 heteroatoms. The topological polar surface area (TPSA) is 64.6 Å². The highest BCUT2D eigenvalue weighted by Gasteiger charge is 2.32. The Balaban J connectivity index is 1.70. The van der Waals surface area contributed by atoms with Crippen LogP contribution in [0.4, 0.5) is 0 Å². The Hall–Kier alpha value is -0.890. The Bertz CT molecular complexity index is 335. The molecule has 0 aliphatic carbocycles. The van der Waals surface area contributed by atoms with Crippen LogP contribution >= 0.6 is 0 Å². The van der Waals surface area contributed by atoms with Crippen molar-refractivity contribution in [2.24, 2.45) is 4.99 Å². The lowest BCUT2D eigenvalue weighted by atomic mass is 10.1. The number of guanidine groups is 1. The fraction of sp³-hybridized carbons (Fsp3) is 0.933. The molecule has 0 saturated carbocycles. The lowest BCUT2D eigenvalue weighted by Gasteiger charge is -2.37. The summed E-state index contributed by atoms with van der Waals surface area (Å²) in [6.45, 7) is 5.88. The van der Waals surface area contributed by atoms with Gasteiger partial charge in [0.2, 0.25) is 0 Å². The van der Waals surface area contributed by atoms with Crippen molar-refractivity contribution < 1.29 is 18.9 Å². The summed E-state index contributed by atoms with van der Waals surface area (Å²) in [5, 5.41) is 3.34. The van der Waals surface area contributed by atoms with E-state index in [4.69, 9.17) is 18.9 Å². The number of methoxy groups -OCH3 is 1. The fourth-order valence-electron chi connectivity index (χ4n) is 2.80. The van der Waals surface area contributed by atoms with Gasteiger partial charge in [-0.05, 0) is 12.8 Å². The van der Waals surface area contributed by atoms with Gasteiger partial charge in [-0.25, -0.2) is 0 Å². The monoisotopic (exact) mass is 315 g/mol. The van der Waals surface area contributed by atoms with Crippen LogP contribution < -0.4 is 5.32 Å². The molecule has 2 unspecified atom stereocenters. The van der Waals surface area contributed by atoms with Crippen molar-refractivity contribution in [3.8, 4) is 0 Å². The van der Waals surface area contributed by atoms with E-state index < -0.39 is 0 Å². The molecule has 0 spiro atoms. The zero-order valence-corrected chi connectivity index (χ0v) is 13.8. The highest BCUT2D eigenvalue weighted by atomic mass is 16.5. The first-order chi connectivity index (χ1) is 10.8. The number of morpholine rings is 1. The smallest absolute Gasteiger partial charge is 0.193 e. The molecule has 2 heterocycles. The first kappa shape index (κ1) is 17.5. The van der Waals surface area contributed by atoms with Gasteiger partial charge in [-0.1, -0.05) is 0 Å². The molecule has 0 aromatic carbocycles. The number of rotatable bonds is 7. The average Bonchev–Trinajstić information content (AvgIpc) is 3.09. The van der Waals surface area contributed by atoms with Crippen LogP contribution in [0.25, 0.3) is 0 Å². The quantitative estimate of drug-likeness (QED) is 0.408. The molecule has 2 aliphatic heterocycles. The zero-order chi connectivity index (χ0) is 15.6. The van der Waals surface area contributed by atoms with Gasteiger partial charge in [0.25, 0.3) is 0 Å². The van der Waals surface area contributed by atoms with E-state index in [0.717, 1.165) is 51.6 Å². The molecule has 0 radical (unpaired) electrons. The van der Waals surface area contributed by atoms with Crippen molar-refractivity contribution in [1.29, 1.82) is 0 Å². The van der Waals surface area contributed by atoms with Crippen molar-refractivity contribution in [3.05, 3.63) is 0 Å². The number of aliphatic imine (C=N–C) groups is 1. The first-order valence-corrected chi connectivity index (χ1v) is 8.10. The summed E-state index contributed by atoms with van der Waals surface area (Å²) in [6.07, 6.45) is 2.61. The van der Waals surface area contributed by atoms with Crippen LogP contribution in [-0.2, 0) is 18.9 Å². The summed E-state index contributed by atoms with van der Waals surface area (Å²) in [5.41, 5.74) is 0. The minimum absolute atomic E-state index is 0.146. The Labute approximate surface area is 132 Å². The van der Waals surface area contributed by atoms with Crippen molar-refractivity contribution >= 4 is 5.96 Å². The minimum atomic E-state index is 0.146. The van der Waals surface area contributed by atoms with Crippen LogP contribution in [0.1, 0.15) is 12.8 Å². The SMILES string of the molecule is CN=C(NCCOCCOC)N1CCOC(C2CCCO2)C1. The van der Waals surface area contributed by atoms with E-state index in [2.05, 4.69) is 15.2 Å². The number of hydrogen-bond donors (Lipinski definition) is 1. The van der Waals surface area contributed by atoms with Gasteiger partial charge >= 0.3 is 0 Å². The third-order valence-corrected chi connectivity index (χ3v) is 3.95. The van der Waals surface area contributed by atoms with E-state index in [0.29, 0.717) is 19.8 Å². The van der Waals surface area contributed by atoms with Crippen LogP contribution in [0.5, 0.6) is 0 Å². The van der Waals surface area contributed by atoms with Crippen LogP contribution in [0.15, 0.2) is 4.99 Å². The lowest BCUT2D eigenvalue weighted by molar-refractivity contribution is -0.0817. The number of hydrogen-bond acceptors (Lipinski definition) is 5. The molecule has 1 N–H and O–H groups in total. The van der Waals surface area contributed by atoms with E-state index in [1.165, 1.54) is 0 Å². The van der Waals surface area contributed by atoms with Gasteiger partial charge in [0, 0.05) is 40.4 Å². The molecule has 0 amide bonds. The predicted molar refractivity (Wildman–Crippen MR) is 84.3 cm³/mol. The largest absolute Gasteiger partial charge is 0.382 e. The first-order valence-electron chi connectivity index (χ1n) is 8.10. The highest BCUT2D eigenvalue weighted by molar-refractivity contribution is 5.80. The number of nitrogens with zero attached hydrogens (tertiary/aromatic N) is 2. The maximum atomic E-state index is 5.87. The second-order valence-electron chi connectivity index (χ2n) is 5.49. The van der Waals surface area contributed by atoms with Crippen molar-refractivity contribution in [2.45, 2.75) is 25.0 Å². The van der Waals surface area contributed by atoms with Crippen molar-refractivity contribution in [2.75, 3.05) is 66.8 Å². The average molecular weight is 315 g/mol. The third kappa shape index (κ3) is 5.39. The van der Waals surface area contributed by atoms with Gasteiger partial charge in [-0.3, -0.25) is 4.99 Å². The van der Waals surface area contributed by atoms with Gasteiger partial charge in [0.15, 0.2) is 5.96 Å². The third-order valence-electron chi connectivity index (χ3n) is 3.95. The summed E-state index contributed by atoms with van der Waals surface area (Å²) >= 11 is 0. The Morgan fingerprint density at radius 1 is 1.23 bits per heavy atom. The lowest BCUT2D eigenvalue weighted by Crippen LogP contribution is -2.53. The van der Waals surface area contributed by atoms with Gasteiger partial charge < -0.3 is 29.2 Å². The number of ether oxygens (including phenoxy) is 4. The molecule has 0 aromatic rings. The van der Waals surface area contributed by atoms with Crippen LogP contribution in [0.2, 0.25) is 0 Å². The zero-order valence-electron chi connectivity index (χ0n) is 13.8. The number of nitrogens with one attached hydrogen (secondary N) is 1. The second-order valence-corrected chi connectivity index (χ2v) is 5.49. The Morgan fingerprint density at radius 3 is 2.82 bits per heavy atom. The van der Waals surface area contributed by atoms with Crippen LogP contribution in [-0.4, -0.2) is 89.9 Å². The van der Waals surface area contributed by atoms with Crippen LogP contribution in [0, 0.1) is 0 Å². The molecule has 7 nitrogen and oxygen atoms in total. The summed E-state index contributed by atoms with van der Waals surface area (Å²) in [7, 11) is 3.48. The van der Waals surface area contributed by atoms with E-state index in [1.807, 2.05) is 7.05 Å². The molecule has 2 fully saturated rings. The molecule has 2 saturated heterocycles. The van der Waals surface area contributed by atoms with Crippen LogP contribution in [0.3, 0.4) is 0 Å². The summed E-state index contributed by atoms with van der Waals surface area (Å²) in [5.74, 6) is 0.904. The van der Waals surface area contributed by atoms with Crippen molar-refractivity contribution in [1.82, 2.24) is 10.2 Å². The Kier molecular flexibility index (Phi) is 7.93. The normalized spacial score (nSPS) is 26.5. The van der Waals surface area contributed by atoms with Gasteiger partial charge in [-0.15, -0.1) is 0 Å². The standard InChI is InChI=1S/C15H29N3O4/c1-16-15(17-5-8-20-11-10-19-2)18-6-9-22-14(12-18)13-4-3-7-21-13/h13-14H,3-12H2,1-2H3,(H,16,17). The molecule has 0 aromatic heterocycles. The molecule has 2 atom stereocenters. The maximum absolute atomic E-state index is 5.87. The molecule has 2 rings (SSSR count). The second kappa shape index (κ2) is 9.99. The fourth-order valence-corrected chi connectivity index (χ4v) is 2.80. The summed E-state index contributed by atoms with van der Waals surface area (Å²) in [4.78, 5) is 6.60.